The van der Waals surface area contributed by atoms with Gasteiger partial charge in [0.25, 0.3) is 5.91 Å². The lowest BCUT2D eigenvalue weighted by Crippen LogP contribution is -2.18. The van der Waals surface area contributed by atoms with E-state index in [1.54, 1.807) is 12.3 Å². The van der Waals surface area contributed by atoms with Crippen molar-refractivity contribution in [3.63, 3.8) is 0 Å². The largest absolute Gasteiger partial charge is 0.463 e. The molecule has 3 heterocycles. The number of carbonyl (C=O) groups excluding carboxylic acids is 1. The van der Waals surface area contributed by atoms with Crippen molar-refractivity contribution in [3.8, 4) is 0 Å². The van der Waals surface area contributed by atoms with Gasteiger partial charge in [0.15, 0.2) is 5.58 Å². The Labute approximate surface area is 163 Å². The van der Waals surface area contributed by atoms with Crippen molar-refractivity contribution < 1.29 is 9.21 Å². The number of amides is 1. The number of hydrogen-bond acceptors (Lipinski definition) is 3. The molecule has 6 heteroatoms. The van der Waals surface area contributed by atoms with Crippen molar-refractivity contribution in [2.75, 3.05) is 5.32 Å². The van der Waals surface area contributed by atoms with Gasteiger partial charge in [-0.05, 0) is 38.8 Å². The van der Waals surface area contributed by atoms with Gasteiger partial charge in [-0.1, -0.05) is 24.3 Å². The minimum Gasteiger partial charge on any atom is -0.463 e. The molecular weight excluding hydrogens is 352 g/mol. The minimum absolute atomic E-state index is 0.165. The normalized spacial score (nSPS) is 11.3. The van der Waals surface area contributed by atoms with Gasteiger partial charge in [-0.3, -0.25) is 9.48 Å². The molecule has 0 saturated carbocycles. The summed E-state index contributed by atoms with van der Waals surface area (Å²) >= 11 is 0. The third kappa shape index (κ3) is 3.01. The number of nitrogens with zero attached hydrogens (tertiary/aromatic N) is 3. The Bertz CT molecular complexity index is 1160. The number of aromatic nitrogens is 3. The lowest BCUT2D eigenvalue weighted by molar-refractivity contribution is 0.101. The number of fused-ring (bicyclic) bond motifs is 1. The van der Waals surface area contributed by atoms with Gasteiger partial charge < -0.3 is 14.3 Å². The molecule has 4 aromatic rings. The van der Waals surface area contributed by atoms with Crippen molar-refractivity contribution in [3.05, 3.63) is 70.9 Å². The van der Waals surface area contributed by atoms with Gasteiger partial charge in [-0.2, -0.15) is 5.10 Å². The Morgan fingerprint density at radius 1 is 1.18 bits per heavy atom. The van der Waals surface area contributed by atoms with Crippen LogP contribution in [0, 0.1) is 20.8 Å². The quantitative estimate of drug-likeness (QED) is 0.550. The molecule has 144 valence electrons. The van der Waals surface area contributed by atoms with E-state index in [1.165, 1.54) is 11.1 Å². The molecule has 0 spiro atoms. The van der Waals surface area contributed by atoms with Crippen LogP contribution in [0.25, 0.3) is 11.1 Å². The molecular formula is C22H24N4O2. The van der Waals surface area contributed by atoms with E-state index in [4.69, 9.17) is 4.42 Å². The van der Waals surface area contributed by atoms with Crippen molar-refractivity contribution in [1.29, 1.82) is 0 Å². The number of aryl methyl sites for hydroxylation is 3. The lowest BCUT2D eigenvalue weighted by atomic mass is 10.1. The van der Waals surface area contributed by atoms with E-state index in [9.17, 15) is 4.79 Å². The van der Waals surface area contributed by atoms with E-state index >= 15 is 0 Å². The van der Waals surface area contributed by atoms with E-state index in [2.05, 4.69) is 29.5 Å². The second kappa shape index (κ2) is 7.03. The first kappa shape index (κ1) is 18.1. The average Bonchev–Trinajstić information content (AvgIpc) is 3.34. The van der Waals surface area contributed by atoms with Crippen molar-refractivity contribution in [2.24, 2.45) is 0 Å². The fourth-order valence-electron chi connectivity index (χ4n) is 3.66. The second-order valence-corrected chi connectivity index (χ2v) is 7.03. The number of furan rings is 1. The maximum Gasteiger partial charge on any atom is 0.272 e. The molecule has 0 saturated heterocycles. The Hall–Kier alpha value is -3.28. The fraction of sp³-hybridized carbons (Fsp3) is 0.273. The van der Waals surface area contributed by atoms with Crippen LogP contribution in [-0.4, -0.2) is 20.3 Å². The molecule has 0 unspecified atom stereocenters. The highest BCUT2D eigenvalue weighted by atomic mass is 16.3. The van der Waals surface area contributed by atoms with Crippen LogP contribution in [0.4, 0.5) is 5.69 Å². The number of hydrogen-bond donors (Lipinski definition) is 1. The van der Waals surface area contributed by atoms with Gasteiger partial charge in [0.05, 0.1) is 28.9 Å². The van der Waals surface area contributed by atoms with Crippen molar-refractivity contribution in [1.82, 2.24) is 14.3 Å². The molecule has 0 atom stereocenters. The Morgan fingerprint density at radius 3 is 2.68 bits per heavy atom. The summed E-state index contributed by atoms with van der Waals surface area (Å²) in [5.41, 5.74) is 7.08. The van der Waals surface area contributed by atoms with Crippen molar-refractivity contribution >= 4 is 22.7 Å². The fourth-order valence-corrected chi connectivity index (χ4v) is 3.66. The third-order valence-corrected chi connectivity index (χ3v) is 5.26. The summed E-state index contributed by atoms with van der Waals surface area (Å²) in [6.45, 7) is 9.36. The van der Waals surface area contributed by atoms with Crippen LogP contribution >= 0.6 is 0 Å². The van der Waals surface area contributed by atoms with E-state index in [-0.39, 0.29) is 5.91 Å². The molecule has 0 aliphatic rings. The Balaban J connectivity index is 1.73. The highest BCUT2D eigenvalue weighted by Crippen LogP contribution is 2.26. The Morgan fingerprint density at radius 2 is 1.96 bits per heavy atom. The van der Waals surface area contributed by atoms with Crippen LogP contribution in [0.5, 0.6) is 0 Å². The molecule has 1 amide bonds. The summed E-state index contributed by atoms with van der Waals surface area (Å²) in [5.74, 6) is -0.165. The number of rotatable bonds is 5. The minimum atomic E-state index is -0.165. The van der Waals surface area contributed by atoms with Gasteiger partial charge >= 0.3 is 0 Å². The molecule has 3 aromatic heterocycles. The number of benzene rings is 1. The summed E-state index contributed by atoms with van der Waals surface area (Å²) in [6.07, 6.45) is 1.65. The summed E-state index contributed by atoms with van der Waals surface area (Å²) < 4.78 is 9.46. The molecule has 28 heavy (non-hydrogen) atoms. The van der Waals surface area contributed by atoms with Crippen LogP contribution in [0.3, 0.4) is 0 Å². The smallest absolute Gasteiger partial charge is 0.272 e. The zero-order chi connectivity index (χ0) is 19.8. The van der Waals surface area contributed by atoms with Crippen molar-refractivity contribution in [2.45, 2.75) is 40.8 Å². The summed E-state index contributed by atoms with van der Waals surface area (Å²) in [6, 6.07) is 11.9. The standard InChI is InChI=1S/C22H24N4O2/c1-5-26-16(4)21(15(3)24-26)23-22(27)19-12-20-18(10-11-28-20)25(19)13-17-9-7-6-8-14(17)2/h6-12H,5,13H2,1-4H3,(H,23,27). The molecule has 0 bridgehead atoms. The third-order valence-electron chi connectivity index (χ3n) is 5.26. The number of nitrogens with one attached hydrogen (secondary N) is 1. The number of carbonyl (C=O) groups is 1. The highest BCUT2D eigenvalue weighted by molar-refractivity contribution is 6.06. The zero-order valence-corrected chi connectivity index (χ0v) is 16.6. The van der Waals surface area contributed by atoms with Gasteiger partial charge in [0.1, 0.15) is 5.69 Å². The Kier molecular flexibility index (Phi) is 4.55. The monoisotopic (exact) mass is 376 g/mol. The maximum atomic E-state index is 13.2. The zero-order valence-electron chi connectivity index (χ0n) is 16.6. The predicted octanol–water partition coefficient (Wildman–Crippen LogP) is 4.68. The average molecular weight is 376 g/mol. The number of anilines is 1. The van der Waals surface area contributed by atoms with Crippen LogP contribution in [0.1, 0.15) is 39.9 Å². The summed E-state index contributed by atoms with van der Waals surface area (Å²) in [5, 5.41) is 7.54. The van der Waals surface area contributed by atoms with Crippen LogP contribution in [0.15, 0.2) is 47.1 Å². The molecule has 6 nitrogen and oxygen atoms in total. The first-order valence-electron chi connectivity index (χ1n) is 9.46. The molecule has 4 rings (SSSR count). The van der Waals surface area contributed by atoms with Gasteiger partial charge in [0, 0.05) is 25.2 Å². The second-order valence-electron chi connectivity index (χ2n) is 7.03. The van der Waals surface area contributed by atoms with Crippen LogP contribution in [0.2, 0.25) is 0 Å². The first-order valence-corrected chi connectivity index (χ1v) is 9.46. The van der Waals surface area contributed by atoms with E-state index in [0.29, 0.717) is 17.8 Å². The summed E-state index contributed by atoms with van der Waals surface area (Å²) in [4.78, 5) is 13.2. The van der Waals surface area contributed by atoms with Gasteiger partial charge in [0.2, 0.25) is 0 Å². The first-order chi connectivity index (χ1) is 13.5. The molecule has 0 fully saturated rings. The van der Waals surface area contributed by atoms with E-state index in [1.807, 2.05) is 48.2 Å². The highest BCUT2D eigenvalue weighted by Gasteiger charge is 2.21. The van der Waals surface area contributed by atoms with Gasteiger partial charge in [-0.25, -0.2) is 0 Å². The van der Waals surface area contributed by atoms with Gasteiger partial charge in [-0.15, -0.1) is 0 Å². The predicted molar refractivity (Wildman–Crippen MR) is 110 cm³/mol. The molecule has 1 N–H and O–H groups in total. The van der Waals surface area contributed by atoms with Crippen LogP contribution in [-0.2, 0) is 13.1 Å². The topological polar surface area (TPSA) is 65.0 Å². The maximum absolute atomic E-state index is 13.2. The molecule has 1 aromatic carbocycles. The van der Waals surface area contributed by atoms with E-state index in [0.717, 1.165) is 29.1 Å². The molecule has 0 radical (unpaired) electrons. The molecule has 0 aliphatic heterocycles. The lowest BCUT2D eigenvalue weighted by Gasteiger charge is -2.12. The van der Waals surface area contributed by atoms with Crippen LogP contribution < -0.4 is 5.32 Å². The molecule has 0 aliphatic carbocycles. The van der Waals surface area contributed by atoms with E-state index < -0.39 is 0 Å². The SMILES string of the molecule is CCn1nc(C)c(NC(=O)c2cc3occc3n2Cc2ccccc2C)c1C. The summed E-state index contributed by atoms with van der Waals surface area (Å²) in [7, 11) is 0.